The first-order valence-corrected chi connectivity index (χ1v) is 6.60. The second kappa shape index (κ2) is 5.56. The van der Waals surface area contributed by atoms with Crippen LogP contribution in [0, 0.1) is 13.8 Å². The van der Waals surface area contributed by atoms with Crippen molar-refractivity contribution in [1.82, 2.24) is 0 Å². The van der Waals surface area contributed by atoms with Crippen LogP contribution in [0.4, 0.5) is 0 Å². The highest BCUT2D eigenvalue weighted by Crippen LogP contribution is 2.23. The molecule has 0 saturated heterocycles. The Hall–Kier alpha value is -1.00. The van der Waals surface area contributed by atoms with E-state index in [1.165, 1.54) is 16.0 Å². The van der Waals surface area contributed by atoms with E-state index in [0.717, 1.165) is 5.75 Å². The topological polar surface area (TPSA) is 69.1 Å². The third kappa shape index (κ3) is 4.06. The number of primary amides is 1. The molecule has 4 heteroatoms. The van der Waals surface area contributed by atoms with E-state index in [1.54, 1.807) is 18.7 Å². The fourth-order valence-corrected chi connectivity index (χ4v) is 2.49. The van der Waals surface area contributed by atoms with E-state index >= 15 is 0 Å². The van der Waals surface area contributed by atoms with Crippen molar-refractivity contribution in [2.24, 2.45) is 11.5 Å². The number of amides is 1. The number of aryl methyl sites for hydroxylation is 2. The molecule has 0 aromatic heterocycles. The van der Waals surface area contributed by atoms with E-state index in [2.05, 4.69) is 32.0 Å². The lowest BCUT2D eigenvalue weighted by molar-refractivity contribution is -0.122. The van der Waals surface area contributed by atoms with Crippen LogP contribution in [-0.2, 0) is 4.79 Å². The minimum absolute atomic E-state index is 0.446. The molecule has 3 nitrogen and oxygen atoms in total. The van der Waals surface area contributed by atoms with Gasteiger partial charge in [-0.1, -0.05) is 6.07 Å². The fraction of sp³-hybridized carbons (Fsp3) is 0.462. The molecule has 0 aliphatic rings. The zero-order valence-electron chi connectivity index (χ0n) is 10.6. The van der Waals surface area contributed by atoms with E-state index in [-0.39, 0.29) is 0 Å². The fourth-order valence-electron chi connectivity index (χ4n) is 1.31. The van der Waals surface area contributed by atoms with Gasteiger partial charge in [-0.15, -0.1) is 11.8 Å². The molecule has 0 saturated carbocycles. The Bertz CT molecular complexity index is 416. The van der Waals surface area contributed by atoms with E-state index in [0.29, 0.717) is 6.42 Å². The lowest BCUT2D eigenvalue weighted by atomic mass is 10.0. The third-order valence-electron chi connectivity index (χ3n) is 2.93. The Morgan fingerprint density at radius 2 is 2.00 bits per heavy atom. The van der Waals surface area contributed by atoms with Crippen molar-refractivity contribution < 1.29 is 4.79 Å². The predicted molar refractivity (Wildman–Crippen MR) is 73.0 cm³/mol. The number of rotatable bonds is 5. The monoisotopic (exact) mass is 252 g/mol. The molecule has 0 radical (unpaired) electrons. The average molecular weight is 252 g/mol. The summed E-state index contributed by atoms with van der Waals surface area (Å²) in [5.41, 5.74) is 12.7. The summed E-state index contributed by atoms with van der Waals surface area (Å²) in [5.74, 6) is 0.344. The van der Waals surface area contributed by atoms with Gasteiger partial charge in [0, 0.05) is 10.6 Å². The lowest BCUT2D eigenvalue weighted by Gasteiger charge is -2.19. The lowest BCUT2D eigenvalue weighted by Crippen LogP contribution is -2.49. The normalized spacial score (nSPS) is 14.4. The highest BCUT2D eigenvalue weighted by Gasteiger charge is 2.24. The Morgan fingerprint density at radius 3 is 2.53 bits per heavy atom. The smallest absolute Gasteiger partial charge is 0.237 e. The molecule has 1 atom stereocenters. The number of benzene rings is 1. The molecule has 1 amide bonds. The quantitative estimate of drug-likeness (QED) is 0.787. The maximum absolute atomic E-state index is 11.1. The van der Waals surface area contributed by atoms with Crippen molar-refractivity contribution in [3.05, 3.63) is 29.3 Å². The zero-order chi connectivity index (χ0) is 13.1. The van der Waals surface area contributed by atoms with Crippen LogP contribution in [0.15, 0.2) is 23.1 Å². The van der Waals surface area contributed by atoms with Gasteiger partial charge in [0.1, 0.15) is 0 Å². The van der Waals surface area contributed by atoms with Crippen molar-refractivity contribution >= 4 is 17.7 Å². The molecule has 1 unspecified atom stereocenters. The average Bonchev–Trinajstić information content (AvgIpc) is 2.23. The van der Waals surface area contributed by atoms with E-state index < -0.39 is 11.4 Å². The minimum Gasteiger partial charge on any atom is -0.368 e. The summed E-state index contributed by atoms with van der Waals surface area (Å²) in [6.07, 6.45) is 0.583. The van der Waals surface area contributed by atoms with Crippen LogP contribution in [0.1, 0.15) is 24.5 Å². The highest BCUT2D eigenvalue weighted by atomic mass is 32.2. The summed E-state index contributed by atoms with van der Waals surface area (Å²) < 4.78 is 0. The SMILES string of the molecule is Cc1ccc(SCCC(C)(N)C(N)=O)cc1C. The summed E-state index contributed by atoms with van der Waals surface area (Å²) in [5, 5.41) is 0. The third-order valence-corrected chi connectivity index (χ3v) is 3.93. The van der Waals surface area contributed by atoms with Crippen LogP contribution in [0.2, 0.25) is 0 Å². The van der Waals surface area contributed by atoms with Gasteiger partial charge in [0.15, 0.2) is 0 Å². The minimum atomic E-state index is -0.910. The Labute approximate surface area is 107 Å². The number of thioether (sulfide) groups is 1. The van der Waals surface area contributed by atoms with Crippen molar-refractivity contribution in [2.45, 2.75) is 37.6 Å². The summed E-state index contributed by atoms with van der Waals surface area (Å²) in [4.78, 5) is 12.3. The first kappa shape index (κ1) is 14.1. The van der Waals surface area contributed by atoms with Crippen molar-refractivity contribution in [3.8, 4) is 0 Å². The molecule has 1 rings (SSSR count). The molecular formula is C13H20N2OS. The van der Waals surface area contributed by atoms with Crippen LogP contribution in [0.3, 0.4) is 0 Å². The summed E-state index contributed by atoms with van der Waals surface area (Å²) >= 11 is 1.70. The van der Waals surface area contributed by atoms with Gasteiger partial charge in [-0.2, -0.15) is 0 Å². The number of hydrogen-bond acceptors (Lipinski definition) is 3. The predicted octanol–water partition coefficient (Wildman–Crippen LogP) is 1.99. The van der Waals surface area contributed by atoms with Crippen LogP contribution >= 0.6 is 11.8 Å². The molecule has 0 spiro atoms. The maximum Gasteiger partial charge on any atom is 0.237 e. The number of hydrogen-bond donors (Lipinski definition) is 2. The molecule has 0 heterocycles. The van der Waals surface area contributed by atoms with E-state index in [9.17, 15) is 4.79 Å². The summed E-state index contributed by atoms with van der Waals surface area (Å²) in [7, 11) is 0. The number of carbonyl (C=O) groups is 1. The van der Waals surface area contributed by atoms with Crippen LogP contribution < -0.4 is 11.5 Å². The van der Waals surface area contributed by atoms with Crippen LogP contribution in [0.5, 0.6) is 0 Å². The van der Waals surface area contributed by atoms with E-state index in [1.807, 2.05) is 0 Å². The summed E-state index contributed by atoms with van der Waals surface area (Å²) in [6, 6.07) is 6.34. The molecule has 94 valence electrons. The first-order valence-electron chi connectivity index (χ1n) is 5.62. The number of carbonyl (C=O) groups excluding carboxylic acids is 1. The molecular weight excluding hydrogens is 232 g/mol. The Balaban J connectivity index is 2.51. The number of nitrogens with two attached hydrogens (primary N) is 2. The standard InChI is InChI=1S/C13H20N2OS/c1-9-4-5-11(8-10(9)2)17-7-6-13(3,15)12(14)16/h4-5,8H,6-7,15H2,1-3H3,(H2,14,16). The molecule has 4 N–H and O–H groups in total. The van der Waals surface area contributed by atoms with Gasteiger partial charge in [-0.3, -0.25) is 4.79 Å². The molecule has 17 heavy (non-hydrogen) atoms. The van der Waals surface area contributed by atoms with Gasteiger partial charge in [0.25, 0.3) is 0 Å². The largest absolute Gasteiger partial charge is 0.368 e. The molecule has 0 aliphatic carbocycles. The van der Waals surface area contributed by atoms with Crippen molar-refractivity contribution in [2.75, 3.05) is 5.75 Å². The molecule has 0 aliphatic heterocycles. The van der Waals surface area contributed by atoms with Gasteiger partial charge in [0.05, 0.1) is 5.54 Å². The van der Waals surface area contributed by atoms with Gasteiger partial charge in [-0.05, 0) is 50.5 Å². The Morgan fingerprint density at radius 1 is 1.35 bits per heavy atom. The van der Waals surface area contributed by atoms with Crippen LogP contribution in [-0.4, -0.2) is 17.2 Å². The first-order chi connectivity index (χ1) is 7.83. The molecule has 1 aromatic rings. The maximum atomic E-state index is 11.1. The molecule has 0 bridgehead atoms. The van der Waals surface area contributed by atoms with Gasteiger partial charge in [-0.25, -0.2) is 0 Å². The van der Waals surface area contributed by atoms with Crippen LogP contribution in [0.25, 0.3) is 0 Å². The van der Waals surface area contributed by atoms with Gasteiger partial charge in [0.2, 0.25) is 5.91 Å². The summed E-state index contributed by atoms with van der Waals surface area (Å²) in [6.45, 7) is 5.86. The zero-order valence-corrected chi connectivity index (χ0v) is 11.4. The second-order valence-electron chi connectivity index (χ2n) is 4.63. The van der Waals surface area contributed by atoms with Crippen molar-refractivity contribution in [1.29, 1.82) is 0 Å². The highest BCUT2D eigenvalue weighted by molar-refractivity contribution is 7.99. The van der Waals surface area contributed by atoms with Gasteiger partial charge < -0.3 is 11.5 Å². The Kier molecular flexibility index (Phi) is 4.60. The van der Waals surface area contributed by atoms with Crippen molar-refractivity contribution in [3.63, 3.8) is 0 Å². The molecule has 1 aromatic carbocycles. The van der Waals surface area contributed by atoms with E-state index in [4.69, 9.17) is 11.5 Å². The second-order valence-corrected chi connectivity index (χ2v) is 5.79. The molecule has 0 fully saturated rings. The van der Waals surface area contributed by atoms with Gasteiger partial charge >= 0.3 is 0 Å².